The third-order valence-electron chi connectivity index (χ3n) is 6.50. The van der Waals surface area contributed by atoms with E-state index in [1.54, 1.807) is 0 Å². The molecule has 144 valence electrons. The summed E-state index contributed by atoms with van der Waals surface area (Å²) in [6.45, 7) is -0.307. The minimum absolute atomic E-state index is 0.0377. The lowest BCUT2D eigenvalue weighted by atomic mass is 9.51. The summed E-state index contributed by atoms with van der Waals surface area (Å²) in [5.41, 5.74) is 3.68. The van der Waals surface area contributed by atoms with Crippen molar-refractivity contribution in [3.63, 3.8) is 0 Å². The van der Waals surface area contributed by atoms with Crippen LogP contribution in [0.1, 0.15) is 46.9 Å². The van der Waals surface area contributed by atoms with Crippen molar-refractivity contribution in [1.82, 2.24) is 4.90 Å². The zero-order chi connectivity index (χ0) is 19.7. The van der Waals surface area contributed by atoms with Crippen LogP contribution in [0.5, 0.6) is 0 Å². The Morgan fingerprint density at radius 1 is 0.964 bits per heavy atom. The van der Waals surface area contributed by atoms with Crippen LogP contribution in [0.15, 0.2) is 48.5 Å². The number of hydrogen-bond donors (Lipinski definition) is 1. The number of imide groups is 1. The molecule has 6 rings (SSSR count). The van der Waals surface area contributed by atoms with Crippen LogP contribution < -0.4 is 0 Å². The number of nitrogens with zero attached hydrogens (tertiary/aromatic N) is 1. The zero-order valence-electron chi connectivity index (χ0n) is 15.0. The van der Waals surface area contributed by atoms with Crippen molar-refractivity contribution in [3.8, 4) is 0 Å². The van der Waals surface area contributed by atoms with Crippen LogP contribution in [0, 0.1) is 5.41 Å². The average molecular weight is 397 g/mol. The fourth-order valence-electron chi connectivity index (χ4n) is 5.46. The van der Waals surface area contributed by atoms with Gasteiger partial charge in [0.05, 0.1) is 11.2 Å². The van der Waals surface area contributed by atoms with Crippen LogP contribution in [0.4, 0.5) is 0 Å². The largest absolute Gasteiger partial charge is 0.285 e. The van der Waals surface area contributed by atoms with Crippen LogP contribution in [0.25, 0.3) is 0 Å². The summed E-state index contributed by atoms with van der Waals surface area (Å²) in [6, 6.07) is 16.1. The molecule has 6 nitrogen and oxygen atoms in total. The van der Waals surface area contributed by atoms with E-state index in [0.717, 1.165) is 16.0 Å². The number of carbonyl (C=O) groups excluding carboxylic acids is 2. The normalized spacial score (nSPS) is 28.0. The third-order valence-corrected chi connectivity index (χ3v) is 7.20. The minimum Gasteiger partial charge on any atom is -0.285 e. The number of rotatable bonds is 3. The monoisotopic (exact) mass is 397 g/mol. The maximum absolute atomic E-state index is 13.4. The van der Waals surface area contributed by atoms with E-state index in [2.05, 4.69) is 12.1 Å². The second kappa shape index (κ2) is 5.75. The van der Waals surface area contributed by atoms with E-state index in [1.165, 1.54) is 11.1 Å². The number of amides is 2. The molecule has 2 aromatic rings. The molecule has 1 fully saturated rings. The predicted molar refractivity (Wildman–Crippen MR) is 101 cm³/mol. The van der Waals surface area contributed by atoms with Crippen LogP contribution in [-0.2, 0) is 19.7 Å². The fourth-order valence-corrected chi connectivity index (χ4v) is 5.87. The number of likely N-dealkylation sites (tertiary alicyclic amines) is 1. The van der Waals surface area contributed by atoms with E-state index < -0.39 is 21.3 Å². The molecule has 2 aromatic carbocycles. The Morgan fingerprint density at radius 3 is 2.04 bits per heavy atom. The van der Waals surface area contributed by atoms with Gasteiger partial charge in [-0.3, -0.25) is 19.0 Å². The van der Waals surface area contributed by atoms with Gasteiger partial charge in [0.25, 0.3) is 10.1 Å². The van der Waals surface area contributed by atoms with Crippen LogP contribution >= 0.6 is 0 Å². The van der Waals surface area contributed by atoms with Crippen molar-refractivity contribution in [2.75, 3.05) is 12.3 Å². The maximum atomic E-state index is 13.4. The third kappa shape index (κ3) is 2.32. The smallest absolute Gasteiger partial charge is 0.266 e. The van der Waals surface area contributed by atoms with Gasteiger partial charge < -0.3 is 0 Å². The van der Waals surface area contributed by atoms with E-state index in [9.17, 15) is 18.0 Å². The predicted octanol–water partition coefficient (Wildman–Crippen LogP) is 2.30. The van der Waals surface area contributed by atoms with E-state index in [-0.39, 0.29) is 36.6 Å². The molecule has 1 N–H and O–H groups in total. The highest BCUT2D eigenvalue weighted by molar-refractivity contribution is 7.85. The van der Waals surface area contributed by atoms with Gasteiger partial charge in [-0.15, -0.1) is 0 Å². The van der Waals surface area contributed by atoms with Crippen LogP contribution in [0.3, 0.4) is 0 Å². The summed E-state index contributed by atoms with van der Waals surface area (Å²) in [5, 5.41) is 0. The Hall–Kier alpha value is -2.51. The first kappa shape index (κ1) is 17.6. The molecule has 3 aliphatic carbocycles. The van der Waals surface area contributed by atoms with Gasteiger partial charge in [-0.1, -0.05) is 48.5 Å². The molecule has 1 atom stereocenters. The summed E-state index contributed by atoms with van der Waals surface area (Å²) in [5.74, 6) is -1.51. The van der Waals surface area contributed by atoms with Gasteiger partial charge in [0.2, 0.25) is 11.8 Å². The highest BCUT2D eigenvalue weighted by Gasteiger charge is 2.62. The number of carbonyl (C=O) groups is 2. The molecule has 1 unspecified atom stereocenters. The Kier molecular flexibility index (Phi) is 3.61. The van der Waals surface area contributed by atoms with Crippen molar-refractivity contribution in [2.45, 2.75) is 24.7 Å². The number of hydrogen-bond acceptors (Lipinski definition) is 4. The first-order valence-electron chi connectivity index (χ1n) is 9.29. The van der Waals surface area contributed by atoms with Crippen molar-refractivity contribution in [3.05, 3.63) is 70.8 Å². The van der Waals surface area contributed by atoms with Gasteiger partial charge in [0.1, 0.15) is 0 Å². The average Bonchev–Trinajstić information content (AvgIpc) is 2.89. The topological polar surface area (TPSA) is 91.8 Å². The van der Waals surface area contributed by atoms with Gasteiger partial charge in [-0.2, -0.15) is 8.42 Å². The van der Waals surface area contributed by atoms with E-state index in [4.69, 9.17) is 4.55 Å². The van der Waals surface area contributed by atoms with Crippen LogP contribution in [0.2, 0.25) is 0 Å². The molecule has 4 aliphatic rings. The molecule has 0 saturated carbocycles. The molecule has 1 saturated heterocycles. The Labute approximate surface area is 162 Å². The molecule has 1 heterocycles. The van der Waals surface area contributed by atoms with Crippen molar-refractivity contribution < 1.29 is 22.6 Å². The second-order valence-corrected chi connectivity index (χ2v) is 9.49. The van der Waals surface area contributed by atoms with E-state index in [0.29, 0.717) is 6.42 Å². The quantitative estimate of drug-likeness (QED) is 0.634. The molecular weight excluding hydrogens is 378 g/mol. The van der Waals surface area contributed by atoms with Gasteiger partial charge >= 0.3 is 0 Å². The molecule has 1 aliphatic heterocycles. The summed E-state index contributed by atoms with van der Waals surface area (Å²) < 4.78 is 31.3. The van der Waals surface area contributed by atoms with Gasteiger partial charge in [0, 0.05) is 24.8 Å². The molecular formula is C21H19NO5S. The van der Waals surface area contributed by atoms with Crippen LogP contribution in [-0.4, -0.2) is 42.0 Å². The molecule has 7 heteroatoms. The lowest BCUT2D eigenvalue weighted by Crippen LogP contribution is -2.47. The highest BCUT2D eigenvalue weighted by atomic mass is 32.2. The minimum atomic E-state index is -4.25. The summed E-state index contributed by atoms with van der Waals surface area (Å²) in [6.07, 6.45) is 0.611. The SMILES string of the molecule is O=C1CC2(CC3c4ccccc4C2c2ccccc23)C(=O)N1CCS(=O)(=O)O. The van der Waals surface area contributed by atoms with Crippen molar-refractivity contribution in [1.29, 1.82) is 0 Å². The summed E-state index contributed by atoms with van der Waals surface area (Å²) >= 11 is 0. The van der Waals surface area contributed by atoms with Gasteiger partial charge in [-0.05, 0) is 28.7 Å². The molecule has 0 aromatic heterocycles. The summed E-state index contributed by atoms with van der Waals surface area (Å²) in [4.78, 5) is 27.2. The molecule has 2 bridgehead atoms. The Balaban J connectivity index is 1.63. The zero-order valence-corrected chi connectivity index (χ0v) is 15.9. The van der Waals surface area contributed by atoms with Gasteiger partial charge in [-0.25, -0.2) is 0 Å². The number of benzene rings is 2. The summed E-state index contributed by atoms with van der Waals surface area (Å²) in [7, 11) is -4.25. The highest BCUT2D eigenvalue weighted by Crippen LogP contribution is 2.64. The molecule has 28 heavy (non-hydrogen) atoms. The van der Waals surface area contributed by atoms with E-state index in [1.807, 2.05) is 36.4 Å². The molecule has 0 radical (unpaired) electrons. The van der Waals surface area contributed by atoms with Crippen molar-refractivity contribution in [2.24, 2.45) is 5.41 Å². The molecule has 2 amide bonds. The van der Waals surface area contributed by atoms with Crippen molar-refractivity contribution >= 4 is 21.9 Å². The first-order valence-corrected chi connectivity index (χ1v) is 10.9. The van der Waals surface area contributed by atoms with Gasteiger partial charge in [0.15, 0.2) is 0 Å². The maximum Gasteiger partial charge on any atom is 0.266 e. The lowest BCUT2D eigenvalue weighted by Gasteiger charge is -2.50. The first-order chi connectivity index (χ1) is 13.3. The Bertz CT molecular complexity index is 1080. The van der Waals surface area contributed by atoms with E-state index >= 15 is 0 Å². The molecule has 1 spiro atoms. The second-order valence-electron chi connectivity index (χ2n) is 7.92. The fraction of sp³-hybridized carbons (Fsp3) is 0.333. The standard InChI is InChI=1S/C21H19NO5S/c23-18-12-21(20(24)22(18)9-10-28(25,26)27)11-17-13-5-1-3-7-15(13)19(21)16-8-4-2-6-14(16)17/h1-8,17,19H,9-12H2,(H,25,26,27). The lowest BCUT2D eigenvalue weighted by molar-refractivity contribution is -0.142. The Morgan fingerprint density at radius 2 is 1.50 bits per heavy atom.